The van der Waals surface area contributed by atoms with Crippen LogP contribution in [0.2, 0.25) is 0 Å². The van der Waals surface area contributed by atoms with Crippen molar-refractivity contribution in [1.82, 2.24) is 0 Å². The molecule has 5 heteroatoms. The molecule has 0 unspecified atom stereocenters. The van der Waals surface area contributed by atoms with E-state index in [9.17, 15) is 14.7 Å². The molecule has 0 spiro atoms. The Morgan fingerprint density at radius 1 is 1.05 bits per heavy atom. The number of carbonyl (C=O) groups excluding carboxylic acids is 2. The lowest BCUT2D eigenvalue weighted by Crippen LogP contribution is -2.30. The van der Waals surface area contributed by atoms with Crippen LogP contribution in [0.25, 0.3) is 0 Å². The zero-order valence-corrected chi connectivity index (χ0v) is 12.3. The lowest BCUT2D eigenvalue weighted by molar-refractivity contribution is -0.121. The van der Waals surface area contributed by atoms with Crippen LogP contribution in [-0.4, -0.2) is 22.5 Å². The van der Waals surface area contributed by atoms with E-state index < -0.39 is 5.60 Å². The summed E-state index contributed by atoms with van der Waals surface area (Å²) in [6.07, 6.45) is 3.93. The van der Waals surface area contributed by atoms with Gasteiger partial charge in [-0.2, -0.15) is 0 Å². The zero-order valence-electron chi connectivity index (χ0n) is 12.3. The predicted molar refractivity (Wildman–Crippen MR) is 82.0 cm³/mol. The summed E-state index contributed by atoms with van der Waals surface area (Å²) in [6, 6.07) is 6.96. The molecule has 0 bridgehead atoms. The predicted octanol–water partition coefficient (Wildman–Crippen LogP) is 2.67. The largest absolute Gasteiger partial charge is 0.389 e. The smallest absolute Gasteiger partial charge is 0.227 e. The molecule has 1 fully saturated rings. The minimum Gasteiger partial charge on any atom is -0.389 e. The van der Waals surface area contributed by atoms with Crippen LogP contribution < -0.4 is 10.6 Å². The van der Waals surface area contributed by atoms with E-state index in [-0.39, 0.29) is 18.2 Å². The van der Waals surface area contributed by atoms with Crippen LogP contribution in [0.3, 0.4) is 0 Å². The molecule has 0 aromatic heterocycles. The fourth-order valence-electron chi connectivity index (χ4n) is 2.60. The summed E-state index contributed by atoms with van der Waals surface area (Å²) in [5.41, 5.74) is 0.532. The molecule has 2 rings (SSSR count). The Morgan fingerprint density at radius 2 is 1.52 bits per heavy atom. The van der Waals surface area contributed by atoms with Gasteiger partial charge in [-0.1, -0.05) is 19.8 Å². The Kier molecular flexibility index (Phi) is 4.96. The molecule has 1 aromatic rings. The van der Waals surface area contributed by atoms with E-state index in [4.69, 9.17) is 0 Å². The number of benzene rings is 1. The first-order valence-corrected chi connectivity index (χ1v) is 7.43. The SMILES string of the molecule is CCC(=O)Nc1ccc(NC(=O)CC2(O)CCCC2)cc1. The number of rotatable bonds is 5. The molecule has 0 heterocycles. The normalized spacial score (nSPS) is 16.5. The molecule has 5 nitrogen and oxygen atoms in total. The van der Waals surface area contributed by atoms with Crippen molar-refractivity contribution in [2.24, 2.45) is 0 Å². The van der Waals surface area contributed by atoms with Gasteiger partial charge in [-0.25, -0.2) is 0 Å². The van der Waals surface area contributed by atoms with Crippen molar-refractivity contribution in [2.75, 3.05) is 10.6 Å². The van der Waals surface area contributed by atoms with Crippen molar-refractivity contribution in [3.8, 4) is 0 Å². The van der Waals surface area contributed by atoms with Crippen LogP contribution in [0, 0.1) is 0 Å². The van der Waals surface area contributed by atoms with Crippen LogP contribution in [0.4, 0.5) is 11.4 Å². The third-order valence-corrected chi connectivity index (χ3v) is 3.80. The molecule has 2 amide bonds. The number of aliphatic hydroxyl groups is 1. The van der Waals surface area contributed by atoms with Crippen LogP contribution in [0.15, 0.2) is 24.3 Å². The minimum absolute atomic E-state index is 0.0461. The topological polar surface area (TPSA) is 78.4 Å². The molecule has 21 heavy (non-hydrogen) atoms. The van der Waals surface area contributed by atoms with Gasteiger partial charge in [0.1, 0.15) is 0 Å². The van der Waals surface area contributed by atoms with E-state index in [0.29, 0.717) is 30.6 Å². The quantitative estimate of drug-likeness (QED) is 0.780. The van der Waals surface area contributed by atoms with Gasteiger partial charge < -0.3 is 15.7 Å². The van der Waals surface area contributed by atoms with E-state index in [1.165, 1.54) is 0 Å². The number of nitrogens with one attached hydrogen (secondary N) is 2. The molecule has 1 aliphatic rings. The van der Waals surface area contributed by atoms with Gasteiger partial charge >= 0.3 is 0 Å². The number of amides is 2. The van der Waals surface area contributed by atoms with Crippen molar-refractivity contribution in [3.05, 3.63) is 24.3 Å². The van der Waals surface area contributed by atoms with Crippen molar-refractivity contribution < 1.29 is 14.7 Å². The summed E-state index contributed by atoms with van der Waals surface area (Å²) in [4.78, 5) is 23.2. The molecule has 0 atom stereocenters. The molecule has 1 aromatic carbocycles. The highest BCUT2D eigenvalue weighted by atomic mass is 16.3. The van der Waals surface area contributed by atoms with Crippen LogP contribution in [0.1, 0.15) is 45.4 Å². The molecule has 0 aliphatic heterocycles. The Morgan fingerprint density at radius 3 is 2.00 bits per heavy atom. The fourth-order valence-corrected chi connectivity index (χ4v) is 2.60. The molecule has 3 N–H and O–H groups in total. The van der Waals surface area contributed by atoms with E-state index in [1.807, 2.05) is 0 Å². The summed E-state index contributed by atoms with van der Waals surface area (Å²) in [5, 5.41) is 15.7. The maximum atomic E-state index is 11.9. The number of anilines is 2. The first kappa shape index (κ1) is 15.5. The summed E-state index contributed by atoms with van der Waals surface area (Å²) in [6.45, 7) is 1.79. The van der Waals surface area contributed by atoms with Crippen LogP contribution in [-0.2, 0) is 9.59 Å². The first-order chi connectivity index (χ1) is 10.0. The molecule has 1 saturated carbocycles. The summed E-state index contributed by atoms with van der Waals surface area (Å²) >= 11 is 0. The third-order valence-electron chi connectivity index (χ3n) is 3.80. The lowest BCUT2D eigenvalue weighted by atomic mass is 9.97. The standard InChI is InChI=1S/C16H22N2O3/c1-2-14(19)17-12-5-7-13(8-6-12)18-15(20)11-16(21)9-3-4-10-16/h5-8,21H,2-4,9-11H2,1H3,(H,17,19)(H,18,20). The van der Waals surface area contributed by atoms with Crippen molar-refractivity contribution in [2.45, 2.75) is 51.0 Å². The molecular formula is C16H22N2O3. The van der Waals surface area contributed by atoms with Crippen molar-refractivity contribution in [3.63, 3.8) is 0 Å². The minimum atomic E-state index is -0.834. The van der Waals surface area contributed by atoms with Gasteiger partial charge in [0.25, 0.3) is 0 Å². The Bertz CT molecular complexity index is 505. The molecule has 0 saturated heterocycles. The van der Waals surface area contributed by atoms with E-state index in [1.54, 1.807) is 31.2 Å². The average molecular weight is 290 g/mol. The Hall–Kier alpha value is -1.88. The van der Waals surface area contributed by atoms with Gasteiger partial charge in [0.2, 0.25) is 11.8 Å². The third kappa shape index (κ3) is 4.56. The van der Waals surface area contributed by atoms with E-state index >= 15 is 0 Å². The van der Waals surface area contributed by atoms with Crippen LogP contribution in [0.5, 0.6) is 0 Å². The Labute approximate surface area is 124 Å². The molecule has 114 valence electrons. The van der Waals surface area contributed by atoms with Gasteiger partial charge in [0.05, 0.1) is 12.0 Å². The molecule has 0 radical (unpaired) electrons. The molecular weight excluding hydrogens is 268 g/mol. The number of carbonyl (C=O) groups is 2. The van der Waals surface area contributed by atoms with Gasteiger partial charge in [0.15, 0.2) is 0 Å². The van der Waals surface area contributed by atoms with Gasteiger partial charge in [-0.3, -0.25) is 9.59 Å². The highest BCUT2D eigenvalue weighted by molar-refractivity contribution is 5.93. The van der Waals surface area contributed by atoms with Gasteiger partial charge in [-0.05, 0) is 37.1 Å². The first-order valence-electron chi connectivity index (χ1n) is 7.43. The summed E-state index contributed by atoms with van der Waals surface area (Å²) in [7, 11) is 0. The summed E-state index contributed by atoms with van der Waals surface area (Å²) in [5.74, 6) is -0.222. The average Bonchev–Trinajstić information content (AvgIpc) is 2.87. The Balaban J connectivity index is 1.87. The second-order valence-corrected chi connectivity index (χ2v) is 5.64. The molecule has 1 aliphatic carbocycles. The highest BCUT2D eigenvalue weighted by Crippen LogP contribution is 2.32. The van der Waals surface area contributed by atoms with Crippen LogP contribution >= 0.6 is 0 Å². The second kappa shape index (κ2) is 6.72. The maximum Gasteiger partial charge on any atom is 0.227 e. The lowest BCUT2D eigenvalue weighted by Gasteiger charge is -2.21. The highest BCUT2D eigenvalue weighted by Gasteiger charge is 2.33. The van der Waals surface area contributed by atoms with Gasteiger partial charge in [0, 0.05) is 17.8 Å². The number of hydrogen-bond acceptors (Lipinski definition) is 3. The fraction of sp³-hybridized carbons (Fsp3) is 0.500. The van der Waals surface area contributed by atoms with E-state index in [0.717, 1.165) is 12.8 Å². The maximum absolute atomic E-state index is 11.9. The zero-order chi connectivity index (χ0) is 15.3. The number of hydrogen-bond donors (Lipinski definition) is 3. The summed E-state index contributed by atoms with van der Waals surface area (Å²) < 4.78 is 0. The van der Waals surface area contributed by atoms with E-state index in [2.05, 4.69) is 10.6 Å². The second-order valence-electron chi connectivity index (χ2n) is 5.64. The monoisotopic (exact) mass is 290 g/mol. The van der Waals surface area contributed by atoms with Crippen molar-refractivity contribution in [1.29, 1.82) is 0 Å². The van der Waals surface area contributed by atoms with Gasteiger partial charge in [-0.15, -0.1) is 0 Å². The van der Waals surface area contributed by atoms with Crippen molar-refractivity contribution >= 4 is 23.2 Å².